The van der Waals surface area contributed by atoms with Gasteiger partial charge in [-0.1, -0.05) is 66.2 Å². The van der Waals surface area contributed by atoms with Crippen molar-refractivity contribution in [2.24, 2.45) is 0 Å². The van der Waals surface area contributed by atoms with Gasteiger partial charge in [0.05, 0.1) is 0 Å². The summed E-state index contributed by atoms with van der Waals surface area (Å²) in [4.78, 5) is 0. The monoisotopic (exact) mass is 235 g/mol. The van der Waals surface area contributed by atoms with Gasteiger partial charge in [-0.15, -0.1) is 0 Å². The molecule has 1 heteroatoms. The molecule has 0 heterocycles. The van der Waals surface area contributed by atoms with E-state index in [0.29, 0.717) is 0 Å². The Kier molecular flexibility index (Phi) is 3.45. The van der Waals surface area contributed by atoms with Gasteiger partial charge >= 0.3 is 0 Å². The summed E-state index contributed by atoms with van der Waals surface area (Å²) in [5, 5.41) is 2.61. The van der Waals surface area contributed by atoms with Crippen LogP contribution in [-0.2, 0) is 0 Å². The molecule has 0 aliphatic carbocycles. The summed E-state index contributed by atoms with van der Waals surface area (Å²) in [6.45, 7) is 2.13. The maximum atomic E-state index is 2.25. The minimum Gasteiger partial charge on any atom is -0.344 e. The predicted octanol–water partition coefficient (Wildman–Crippen LogP) is 4.98. The van der Waals surface area contributed by atoms with Gasteiger partial charge in [-0.05, 0) is 34.9 Å². The maximum absolute atomic E-state index is 2.25. The first-order chi connectivity index (χ1) is 8.33. The van der Waals surface area contributed by atoms with Crippen LogP contribution in [0.1, 0.15) is 5.56 Å². The highest BCUT2D eigenvalue weighted by Gasteiger charge is 1.99. The summed E-state index contributed by atoms with van der Waals surface area (Å²) in [6, 6.07) is 23.7. The molecule has 0 unspecified atom stereocenters. The van der Waals surface area contributed by atoms with Crippen molar-refractivity contribution >= 4 is 10.8 Å². The Morgan fingerprint density at radius 2 is 1.28 bits per heavy atom. The Balaban J connectivity index is 0.00000120. The van der Waals surface area contributed by atoms with E-state index in [1.54, 1.807) is 0 Å². The first kappa shape index (κ1) is 12.3. The van der Waals surface area contributed by atoms with Gasteiger partial charge in [-0.25, -0.2) is 0 Å². The second-order valence-electron chi connectivity index (χ2n) is 4.43. The molecule has 0 saturated carbocycles. The highest BCUT2D eigenvalue weighted by Crippen LogP contribution is 2.24. The Morgan fingerprint density at radius 3 is 2.06 bits per heavy atom. The zero-order chi connectivity index (χ0) is 11.7. The molecule has 0 bridgehead atoms. The number of hydrogen-bond donors (Lipinski definition) is 1. The van der Waals surface area contributed by atoms with Crippen LogP contribution in [0.25, 0.3) is 21.9 Å². The lowest BCUT2D eigenvalue weighted by Crippen LogP contribution is -1.79. The van der Waals surface area contributed by atoms with E-state index in [9.17, 15) is 0 Å². The molecule has 3 N–H and O–H groups in total. The van der Waals surface area contributed by atoms with E-state index in [-0.39, 0.29) is 6.15 Å². The third-order valence-corrected chi connectivity index (χ3v) is 3.10. The number of aryl methyl sites for hydroxylation is 1. The molecular weight excluding hydrogens is 218 g/mol. The summed E-state index contributed by atoms with van der Waals surface area (Å²) < 4.78 is 0. The molecule has 3 rings (SSSR count). The molecule has 1 nitrogen and oxygen atoms in total. The van der Waals surface area contributed by atoms with E-state index >= 15 is 0 Å². The second-order valence-corrected chi connectivity index (χ2v) is 4.43. The zero-order valence-corrected chi connectivity index (χ0v) is 10.6. The zero-order valence-electron chi connectivity index (χ0n) is 10.6. The Morgan fingerprint density at radius 1 is 0.611 bits per heavy atom. The number of benzene rings is 3. The first-order valence-electron chi connectivity index (χ1n) is 5.89. The van der Waals surface area contributed by atoms with Crippen molar-refractivity contribution in [1.82, 2.24) is 6.15 Å². The highest BCUT2D eigenvalue weighted by molar-refractivity contribution is 5.87. The lowest BCUT2D eigenvalue weighted by molar-refractivity contribution is 1.50. The van der Waals surface area contributed by atoms with Gasteiger partial charge < -0.3 is 6.15 Å². The van der Waals surface area contributed by atoms with Crippen molar-refractivity contribution in [3.8, 4) is 11.1 Å². The molecular formula is C17H17N. The minimum atomic E-state index is 0. The molecule has 90 valence electrons. The highest BCUT2D eigenvalue weighted by atomic mass is 14.0. The lowest BCUT2D eigenvalue weighted by Gasteiger charge is -2.04. The van der Waals surface area contributed by atoms with Crippen molar-refractivity contribution in [3.63, 3.8) is 0 Å². The van der Waals surface area contributed by atoms with Gasteiger partial charge in [-0.2, -0.15) is 0 Å². The quantitative estimate of drug-likeness (QED) is 0.634. The molecule has 0 amide bonds. The summed E-state index contributed by atoms with van der Waals surface area (Å²) in [7, 11) is 0. The van der Waals surface area contributed by atoms with Crippen LogP contribution < -0.4 is 6.15 Å². The van der Waals surface area contributed by atoms with Crippen LogP contribution in [0.5, 0.6) is 0 Å². The number of rotatable bonds is 1. The van der Waals surface area contributed by atoms with Crippen molar-refractivity contribution < 1.29 is 0 Å². The fraction of sp³-hybridized carbons (Fsp3) is 0.0588. The average molecular weight is 235 g/mol. The molecule has 3 aromatic rings. The fourth-order valence-corrected chi connectivity index (χ4v) is 2.18. The number of hydrogen-bond acceptors (Lipinski definition) is 1. The Labute approximate surface area is 108 Å². The number of fused-ring (bicyclic) bond motifs is 1. The van der Waals surface area contributed by atoms with Gasteiger partial charge in [0.2, 0.25) is 0 Å². The van der Waals surface area contributed by atoms with E-state index in [0.717, 1.165) is 0 Å². The van der Waals surface area contributed by atoms with Gasteiger partial charge in [0.1, 0.15) is 0 Å². The third-order valence-electron chi connectivity index (χ3n) is 3.10. The van der Waals surface area contributed by atoms with Gasteiger partial charge in [0.15, 0.2) is 0 Å². The van der Waals surface area contributed by atoms with Gasteiger partial charge in [0, 0.05) is 0 Å². The van der Waals surface area contributed by atoms with Crippen LogP contribution in [0.2, 0.25) is 0 Å². The lowest BCUT2D eigenvalue weighted by atomic mass is 10.0. The molecule has 0 saturated heterocycles. The van der Waals surface area contributed by atoms with E-state index in [2.05, 4.69) is 67.6 Å². The Bertz CT molecular complexity index is 657. The van der Waals surface area contributed by atoms with Crippen LogP contribution in [-0.4, -0.2) is 0 Å². The summed E-state index contributed by atoms with van der Waals surface area (Å²) in [5.41, 5.74) is 3.86. The first-order valence-corrected chi connectivity index (χ1v) is 5.89. The molecule has 0 atom stereocenters. The second kappa shape index (κ2) is 5.03. The van der Waals surface area contributed by atoms with Gasteiger partial charge in [-0.3, -0.25) is 0 Å². The summed E-state index contributed by atoms with van der Waals surface area (Å²) in [5.74, 6) is 0. The van der Waals surface area contributed by atoms with Crippen LogP contribution in [0, 0.1) is 6.92 Å². The minimum absolute atomic E-state index is 0. The average Bonchev–Trinajstić information content (AvgIpc) is 2.39. The van der Waals surface area contributed by atoms with Crippen molar-refractivity contribution in [2.45, 2.75) is 6.92 Å². The van der Waals surface area contributed by atoms with Crippen molar-refractivity contribution in [3.05, 3.63) is 72.3 Å². The molecule has 0 aliphatic heterocycles. The van der Waals surface area contributed by atoms with E-state index in [1.807, 2.05) is 6.07 Å². The Hall–Kier alpha value is -2.12. The predicted molar refractivity (Wildman–Crippen MR) is 79.1 cm³/mol. The molecule has 0 aliphatic rings. The van der Waals surface area contributed by atoms with E-state index in [4.69, 9.17) is 0 Å². The van der Waals surface area contributed by atoms with Gasteiger partial charge in [0.25, 0.3) is 0 Å². The summed E-state index contributed by atoms with van der Waals surface area (Å²) in [6.07, 6.45) is 0. The molecule has 0 spiro atoms. The standard InChI is InChI=1S/C17H14.H3N/c1-13-7-8-17-12-16(10-9-15(17)11-13)14-5-3-2-4-6-14;/h2-12H,1H3;1H3. The third kappa shape index (κ3) is 2.27. The summed E-state index contributed by atoms with van der Waals surface area (Å²) >= 11 is 0. The van der Waals surface area contributed by atoms with E-state index < -0.39 is 0 Å². The normalized spacial score (nSPS) is 10.1. The largest absolute Gasteiger partial charge is 0.344 e. The van der Waals surface area contributed by atoms with Crippen LogP contribution >= 0.6 is 0 Å². The SMILES string of the molecule is Cc1ccc2cc(-c3ccccc3)ccc2c1.N. The van der Waals surface area contributed by atoms with Crippen LogP contribution in [0.15, 0.2) is 66.7 Å². The molecule has 3 aromatic carbocycles. The maximum Gasteiger partial charge on any atom is -0.0178 e. The molecule has 0 radical (unpaired) electrons. The molecule has 18 heavy (non-hydrogen) atoms. The van der Waals surface area contributed by atoms with Crippen LogP contribution in [0.3, 0.4) is 0 Å². The smallest absolute Gasteiger partial charge is 0.0178 e. The molecule has 0 fully saturated rings. The van der Waals surface area contributed by atoms with Crippen molar-refractivity contribution in [2.75, 3.05) is 0 Å². The van der Waals surface area contributed by atoms with E-state index in [1.165, 1.54) is 27.5 Å². The fourth-order valence-electron chi connectivity index (χ4n) is 2.18. The van der Waals surface area contributed by atoms with Crippen LogP contribution in [0.4, 0.5) is 0 Å². The van der Waals surface area contributed by atoms with Crippen molar-refractivity contribution in [1.29, 1.82) is 0 Å². The topological polar surface area (TPSA) is 35.0 Å². The molecule has 0 aromatic heterocycles.